The third kappa shape index (κ3) is 2.78. The number of nitrogen functional groups attached to an aromatic ring is 1. The molecule has 0 aromatic heterocycles. The fourth-order valence-electron chi connectivity index (χ4n) is 2.01. The van der Waals surface area contributed by atoms with Crippen LogP contribution in [0.1, 0.15) is 5.56 Å². The lowest BCUT2D eigenvalue weighted by Crippen LogP contribution is -2.19. The van der Waals surface area contributed by atoms with Gasteiger partial charge < -0.3 is 15.4 Å². The van der Waals surface area contributed by atoms with Gasteiger partial charge in [0.2, 0.25) is 0 Å². The number of methoxy groups -OCH3 is 1. The molecule has 0 fully saturated rings. The second-order valence-corrected chi connectivity index (χ2v) is 4.34. The lowest BCUT2D eigenvalue weighted by molar-refractivity contribution is 0.414. The lowest BCUT2D eigenvalue weighted by atomic mass is 10.1. The number of hydrogen-bond acceptors (Lipinski definition) is 3. The van der Waals surface area contributed by atoms with Crippen LogP contribution < -0.4 is 15.4 Å². The zero-order valence-electron chi connectivity index (χ0n) is 11.1. The number of rotatable bonds is 4. The van der Waals surface area contributed by atoms with Gasteiger partial charge in [-0.25, -0.2) is 4.39 Å². The Morgan fingerprint density at radius 1 is 1.16 bits per heavy atom. The van der Waals surface area contributed by atoms with Gasteiger partial charge in [-0.1, -0.05) is 18.2 Å². The van der Waals surface area contributed by atoms with Crippen molar-refractivity contribution in [2.75, 3.05) is 24.8 Å². The van der Waals surface area contributed by atoms with E-state index in [1.165, 1.54) is 6.07 Å². The van der Waals surface area contributed by atoms with Gasteiger partial charge in [-0.15, -0.1) is 0 Å². The van der Waals surface area contributed by atoms with Crippen LogP contribution in [0.25, 0.3) is 0 Å². The Balaban J connectivity index is 2.28. The van der Waals surface area contributed by atoms with Gasteiger partial charge in [-0.3, -0.25) is 0 Å². The van der Waals surface area contributed by atoms with Gasteiger partial charge >= 0.3 is 0 Å². The van der Waals surface area contributed by atoms with Crippen LogP contribution in [-0.4, -0.2) is 14.2 Å². The molecule has 0 saturated heterocycles. The van der Waals surface area contributed by atoms with Gasteiger partial charge in [-0.05, 0) is 24.3 Å². The highest BCUT2D eigenvalue weighted by molar-refractivity contribution is 5.59. The monoisotopic (exact) mass is 260 g/mol. The summed E-state index contributed by atoms with van der Waals surface area (Å²) in [5.74, 6) is 0.460. The summed E-state index contributed by atoms with van der Waals surface area (Å²) in [7, 11) is 3.49. The highest BCUT2D eigenvalue weighted by Gasteiger charge is 2.12. The molecule has 0 spiro atoms. The third-order valence-electron chi connectivity index (χ3n) is 3.05. The predicted molar refractivity (Wildman–Crippen MR) is 75.9 cm³/mol. The van der Waals surface area contributed by atoms with Crippen LogP contribution in [-0.2, 0) is 6.54 Å². The van der Waals surface area contributed by atoms with Crippen molar-refractivity contribution in [2.24, 2.45) is 0 Å². The van der Waals surface area contributed by atoms with E-state index >= 15 is 0 Å². The van der Waals surface area contributed by atoms with Crippen LogP contribution in [0.2, 0.25) is 0 Å². The molecule has 0 heterocycles. The number of benzene rings is 2. The topological polar surface area (TPSA) is 38.5 Å². The Morgan fingerprint density at radius 3 is 2.58 bits per heavy atom. The summed E-state index contributed by atoms with van der Waals surface area (Å²) in [6, 6.07) is 12.3. The van der Waals surface area contributed by atoms with Crippen molar-refractivity contribution >= 4 is 11.4 Å². The molecule has 2 rings (SSSR count). The van der Waals surface area contributed by atoms with E-state index in [4.69, 9.17) is 10.5 Å². The summed E-state index contributed by atoms with van der Waals surface area (Å²) in [6.45, 7) is 0.388. The fourth-order valence-corrected chi connectivity index (χ4v) is 2.01. The highest BCUT2D eigenvalue weighted by Crippen LogP contribution is 2.29. The van der Waals surface area contributed by atoms with Gasteiger partial charge in [0.05, 0.1) is 12.8 Å². The van der Waals surface area contributed by atoms with E-state index in [2.05, 4.69) is 0 Å². The molecule has 0 amide bonds. The van der Waals surface area contributed by atoms with Crippen molar-refractivity contribution < 1.29 is 9.13 Å². The molecule has 0 radical (unpaired) electrons. The summed E-state index contributed by atoms with van der Waals surface area (Å²) < 4.78 is 19.1. The molecule has 0 aliphatic heterocycles. The van der Waals surface area contributed by atoms with Gasteiger partial charge in [0.15, 0.2) is 0 Å². The average Bonchev–Trinajstić information content (AvgIpc) is 2.42. The Morgan fingerprint density at radius 2 is 1.89 bits per heavy atom. The number of nitrogens with two attached hydrogens (primary N) is 1. The minimum atomic E-state index is -0.290. The van der Waals surface area contributed by atoms with E-state index in [0.29, 0.717) is 17.8 Å². The lowest BCUT2D eigenvalue weighted by Gasteiger charge is -2.22. The van der Waals surface area contributed by atoms with Crippen molar-refractivity contribution in [2.45, 2.75) is 6.54 Å². The number of hydrogen-bond donors (Lipinski definition) is 1. The van der Waals surface area contributed by atoms with Crippen LogP contribution in [0.4, 0.5) is 15.8 Å². The number of nitrogens with zero attached hydrogens (tertiary/aromatic N) is 1. The summed E-state index contributed by atoms with van der Waals surface area (Å²) >= 11 is 0. The van der Waals surface area contributed by atoms with E-state index in [0.717, 1.165) is 11.4 Å². The Hall–Kier alpha value is -2.23. The van der Waals surface area contributed by atoms with Gasteiger partial charge in [0.1, 0.15) is 11.6 Å². The molecular formula is C15H17FN2O. The first kappa shape index (κ1) is 13.2. The molecule has 0 bridgehead atoms. The maximum atomic E-state index is 13.8. The van der Waals surface area contributed by atoms with Crippen LogP contribution in [0.5, 0.6) is 5.75 Å². The molecule has 19 heavy (non-hydrogen) atoms. The molecule has 2 aromatic rings. The maximum absolute atomic E-state index is 13.8. The van der Waals surface area contributed by atoms with Crippen LogP contribution in [0, 0.1) is 5.82 Å². The summed E-state index contributed by atoms with van der Waals surface area (Å²) in [5, 5.41) is 0. The van der Waals surface area contributed by atoms with E-state index < -0.39 is 0 Å². The van der Waals surface area contributed by atoms with Crippen molar-refractivity contribution in [3.05, 3.63) is 53.8 Å². The second kappa shape index (κ2) is 5.61. The normalized spacial score (nSPS) is 10.3. The zero-order valence-corrected chi connectivity index (χ0v) is 11.1. The Labute approximate surface area is 112 Å². The number of para-hydroxylation sites is 2. The first-order valence-electron chi connectivity index (χ1n) is 6.00. The molecule has 0 aliphatic carbocycles. The van der Waals surface area contributed by atoms with Crippen LogP contribution in [0.3, 0.4) is 0 Å². The summed E-state index contributed by atoms with van der Waals surface area (Å²) in [4.78, 5) is 1.91. The van der Waals surface area contributed by atoms with Crippen LogP contribution in [0.15, 0.2) is 42.5 Å². The second-order valence-electron chi connectivity index (χ2n) is 4.34. The molecule has 100 valence electrons. The summed E-state index contributed by atoms with van der Waals surface area (Å²) in [6.07, 6.45) is 0. The number of halogens is 1. The standard InChI is InChI=1S/C15H17FN2O/c1-18(14-8-3-4-9-15(14)19-2)10-11-12(16)6-5-7-13(11)17/h3-9H,10,17H2,1-2H3. The molecule has 2 N–H and O–H groups in total. The Kier molecular flexibility index (Phi) is 3.90. The average molecular weight is 260 g/mol. The van der Waals surface area contributed by atoms with E-state index in [1.54, 1.807) is 19.2 Å². The smallest absolute Gasteiger partial charge is 0.142 e. The third-order valence-corrected chi connectivity index (χ3v) is 3.05. The molecule has 0 unspecified atom stereocenters. The van der Waals surface area contributed by atoms with E-state index in [9.17, 15) is 4.39 Å². The molecule has 0 aliphatic rings. The van der Waals surface area contributed by atoms with Gasteiger partial charge in [0, 0.05) is 24.8 Å². The van der Waals surface area contributed by atoms with Crippen LogP contribution >= 0.6 is 0 Å². The van der Waals surface area contributed by atoms with Crippen molar-refractivity contribution in [1.29, 1.82) is 0 Å². The predicted octanol–water partition coefficient (Wildman–Crippen LogP) is 3.05. The first-order chi connectivity index (χ1) is 9.13. The highest BCUT2D eigenvalue weighted by atomic mass is 19.1. The fraction of sp³-hybridized carbons (Fsp3) is 0.200. The molecule has 3 nitrogen and oxygen atoms in total. The molecule has 4 heteroatoms. The van der Waals surface area contributed by atoms with E-state index in [1.807, 2.05) is 36.2 Å². The SMILES string of the molecule is COc1ccccc1N(C)Cc1c(N)cccc1F. The minimum absolute atomic E-state index is 0.290. The van der Waals surface area contributed by atoms with Crippen molar-refractivity contribution in [3.63, 3.8) is 0 Å². The Bertz CT molecular complexity index is 552. The molecular weight excluding hydrogens is 243 g/mol. The maximum Gasteiger partial charge on any atom is 0.142 e. The molecule has 0 atom stereocenters. The zero-order chi connectivity index (χ0) is 13.8. The van der Waals surface area contributed by atoms with Crippen molar-refractivity contribution in [1.82, 2.24) is 0 Å². The summed E-state index contributed by atoms with van der Waals surface area (Å²) in [5.41, 5.74) is 7.67. The number of anilines is 2. The first-order valence-corrected chi connectivity index (χ1v) is 6.00. The molecule has 2 aromatic carbocycles. The number of ether oxygens (including phenoxy) is 1. The van der Waals surface area contributed by atoms with Crippen molar-refractivity contribution in [3.8, 4) is 5.75 Å². The minimum Gasteiger partial charge on any atom is -0.495 e. The largest absolute Gasteiger partial charge is 0.495 e. The molecule has 0 saturated carbocycles. The quantitative estimate of drug-likeness (QED) is 0.859. The van der Waals surface area contributed by atoms with Gasteiger partial charge in [0.25, 0.3) is 0 Å². The van der Waals surface area contributed by atoms with Gasteiger partial charge in [-0.2, -0.15) is 0 Å². The van der Waals surface area contributed by atoms with E-state index in [-0.39, 0.29) is 5.82 Å².